The van der Waals surface area contributed by atoms with Gasteiger partial charge in [-0.2, -0.15) is 0 Å². The quantitative estimate of drug-likeness (QED) is 0.834. The first kappa shape index (κ1) is 14.6. The molecule has 1 unspecified atom stereocenters. The number of fused-ring (bicyclic) bond motifs is 1. The fourth-order valence-corrected chi connectivity index (χ4v) is 3.09. The van der Waals surface area contributed by atoms with E-state index in [0.717, 1.165) is 24.0 Å². The average Bonchev–Trinajstić information content (AvgIpc) is 2.84. The van der Waals surface area contributed by atoms with Crippen molar-refractivity contribution in [1.82, 2.24) is 5.32 Å². The Balaban J connectivity index is 1.77. The Morgan fingerprint density at radius 2 is 2.23 bits per heavy atom. The Labute approximate surface area is 129 Å². The number of nitrogens with one attached hydrogen (secondary N) is 1. The molecule has 0 bridgehead atoms. The first-order valence-corrected chi connectivity index (χ1v) is 7.66. The number of ether oxygens (including phenoxy) is 1. The summed E-state index contributed by atoms with van der Waals surface area (Å²) in [4.78, 5) is 22.5. The standard InChI is InChI=1S/C17H19NO4/c19-16-14-10-12(11-4-2-1-3-5-11)6-7-13(14)15(22-16)8-9-18-17(20)21/h4,6-7,10,15,18H,1-3,5,8-9H2,(H,20,21). The highest BCUT2D eigenvalue weighted by Gasteiger charge is 2.31. The normalized spacial score (nSPS) is 20.1. The van der Waals surface area contributed by atoms with Crippen molar-refractivity contribution in [2.45, 2.75) is 38.2 Å². The maximum absolute atomic E-state index is 12.0. The van der Waals surface area contributed by atoms with Gasteiger partial charge in [0, 0.05) is 18.5 Å². The Kier molecular flexibility index (Phi) is 4.13. The molecule has 0 fully saturated rings. The van der Waals surface area contributed by atoms with Crippen molar-refractivity contribution in [3.8, 4) is 0 Å². The lowest BCUT2D eigenvalue weighted by Crippen LogP contribution is -2.23. The summed E-state index contributed by atoms with van der Waals surface area (Å²) >= 11 is 0. The molecule has 1 aliphatic heterocycles. The zero-order valence-corrected chi connectivity index (χ0v) is 12.3. The molecular formula is C17H19NO4. The van der Waals surface area contributed by atoms with Crippen LogP contribution < -0.4 is 5.32 Å². The van der Waals surface area contributed by atoms with Gasteiger partial charge in [0.2, 0.25) is 0 Å². The fraction of sp³-hybridized carbons (Fsp3) is 0.412. The van der Waals surface area contributed by atoms with Gasteiger partial charge in [-0.05, 0) is 42.9 Å². The molecule has 1 amide bonds. The first-order chi connectivity index (χ1) is 10.6. The number of hydrogen-bond acceptors (Lipinski definition) is 3. The molecule has 2 N–H and O–H groups in total. The number of hydrogen-bond donors (Lipinski definition) is 2. The summed E-state index contributed by atoms with van der Waals surface area (Å²) in [7, 11) is 0. The molecular weight excluding hydrogens is 282 g/mol. The Hall–Kier alpha value is -2.30. The lowest BCUT2D eigenvalue weighted by atomic mass is 9.91. The second-order valence-corrected chi connectivity index (χ2v) is 5.69. The van der Waals surface area contributed by atoms with Gasteiger partial charge in [-0.3, -0.25) is 0 Å². The zero-order chi connectivity index (χ0) is 15.5. The summed E-state index contributed by atoms with van der Waals surface area (Å²) in [5, 5.41) is 10.9. The third kappa shape index (κ3) is 2.98. The van der Waals surface area contributed by atoms with E-state index in [1.54, 1.807) is 0 Å². The third-order valence-electron chi connectivity index (χ3n) is 4.21. The zero-order valence-electron chi connectivity index (χ0n) is 12.3. The molecule has 0 saturated heterocycles. The SMILES string of the molecule is O=C(O)NCCC1OC(=O)c2cc(C3=CCCCC3)ccc21. The van der Waals surface area contributed by atoms with Gasteiger partial charge >= 0.3 is 12.1 Å². The first-order valence-electron chi connectivity index (χ1n) is 7.66. The van der Waals surface area contributed by atoms with E-state index in [2.05, 4.69) is 11.4 Å². The maximum Gasteiger partial charge on any atom is 0.404 e. The van der Waals surface area contributed by atoms with Gasteiger partial charge in [0.15, 0.2) is 0 Å². The molecule has 3 rings (SSSR count). The van der Waals surface area contributed by atoms with Crippen molar-refractivity contribution in [2.75, 3.05) is 6.54 Å². The molecule has 1 aromatic carbocycles. The van der Waals surface area contributed by atoms with Crippen molar-refractivity contribution in [3.05, 3.63) is 41.0 Å². The number of allylic oxidation sites excluding steroid dienone is 2. The number of carboxylic acid groups (broad SMARTS) is 1. The molecule has 5 heteroatoms. The molecule has 0 spiro atoms. The second-order valence-electron chi connectivity index (χ2n) is 5.69. The summed E-state index contributed by atoms with van der Waals surface area (Å²) < 4.78 is 5.36. The van der Waals surface area contributed by atoms with Crippen LogP contribution in [0, 0.1) is 0 Å². The lowest BCUT2D eigenvalue weighted by molar-refractivity contribution is 0.0370. The van der Waals surface area contributed by atoms with Crippen LogP contribution in [0.2, 0.25) is 0 Å². The molecule has 5 nitrogen and oxygen atoms in total. The van der Waals surface area contributed by atoms with Crippen molar-refractivity contribution in [1.29, 1.82) is 0 Å². The minimum absolute atomic E-state index is 0.264. The van der Waals surface area contributed by atoms with Gasteiger partial charge in [-0.25, -0.2) is 9.59 Å². The van der Waals surface area contributed by atoms with Crippen LogP contribution in [0.1, 0.15) is 59.7 Å². The summed E-state index contributed by atoms with van der Waals surface area (Å²) in [5.41, 5.74) is 3.87. The molecule has 1 heterocycles. The molecule has 22 heavy (non-hydrogen) atoms. The maximum atomic E-state index is 12.0. The summed E-state index contributed by atoms with van der Waals surface area (Å²) in [5.74, 6) is -0.311. The van der Waals surface area contributed by atoms with Gasteiger partial charge in [-0.1, -0.05) is 18.2 Å². The Bertz CT molecular complexity index is 636. The summed E-state index contributed by atoms with van der Waals surface area (Å²) in [6, 6.07) is 5.89. The van der Waals surface area contributed by atoms with Crippen LogP contribution in [-0.2, 0) is 4.74 Å². The van der Waals surface area contributed by atoms with E-state index in [9.17, 15) is 9.59 Å². The minimum atomic E-state index is -1.07. The highest BCUT2D eigenvalue weighted by molar-refractivity contribution is 5.95. The molecule has 0 saturated carbocycles. The Morgan fingerprint density at radius 3 is 2.95 bits per heavy atom. The smallest absolute Gasteiger partial charge is 0.404 e. The second kappa shape index (κ2) is 6.22. The number of esters is 1. The number of cyclic esters (lactones) is 1. The lowest BCUT2D eigenvalue weighted by Gasteiger charge is -2.14. The molecule has 116 valence electrons. The predicted octanol–water partition coefficient (Wildman–Crippen LogP) is 3.51. The molecule has 1 aliphatic carbocycles. The van der Waals surface area contributed by atoms with E-state index in [-0.39, 0.29) is 18.6 Å². The highest BCUT2D eigenvalue weighted by Crippen LogP contribution is 2.36. The van der Waals surface area contributed by atoms with Crippen molar-refractivity contribution >= 4 is 17.6 Å². The van der Waals surface area contributed by atoms with Crippen LogP contribution in [0.3, 0.4) is 0 Å². The topological polar surface area (TPSA) is 75.6 Å². The van der Waals surface area contributed by atoms with Crippen molar-refractivity contribution < 1.29 is 19.4 Å². The Morgan fingerprint density at radius 1 is 1.36 bits per heavy atom. The number of carbonyl (C=O) groups excluding carboxylic acids is 1. The van der Waals surface area contributed by atoms with Crippen LogP contribution in [0.15, 0.2) is 24.3 Å². The van der Waals surface area contributed by atoms with Crippen LogP contribution in [0.5, 0.6) is 0 Å². The average molecular weight is 301 g/mol. The van der Waals surface area contributed by atoms with Gasteiger partial charge < -0.3 is 15.2 Å². The predicted molar refractivity (Wildman–Crippen MR) is 81.7 cm³/mol. The minimum Gasteiger partial charge on any atom is -0.465 e. The van der Waals surface area contributed by atoms with Crippen LogP contribution >= 0.6 is 0 Å². The number of benzene rings is 1. The van der Waals surface area contributed by atoms with E-state index in [1.807, 2.05) is 18.2 Å². The van der Waals surface area contributed by atoms with Crippen LogP contribution in [-0.4, -0.2) is 23.7 Å². The molecule has 2 aliphatic rings. The molecule has 0 radical (unpaired) electrons. The van der Waals surface area contributed by atoms with E-state index in [4.69, 9.17) is 9.84 Å². The number of carbonyl (C=O) groups is 2. The van der Waals surface area contributed by atoms with Crippen LogP contribution in [0.25, 0.3) is 5.57 Å². The van der Waals surface area contributed by atoms with Crippen molar-refractivity contribution in [3.63, 3.8) is 0 Å². The van der Waals surface area contributed by atoms with Crippen LogP contribution in [0.4, 0.5) is 4.79 Å². The summed E-state index contributed by atoms with van der Waals surface area (Å²) in [6.45, 7) is 0.264. The van der Waals surface area contributed by atoms with E-state index >= 15 is 0 Å². The highest BCUT2D eigenvalue weighted by atomic mass is 16.5. The monoisotopic (exact) mass is 301 g/mol. The fourth-order valence-electron chi connectivity index (χ4n) is 3.09. The molecule has 0 aromatic heterocycles. The summed E-state index contributed by atoms with van der Waals surface area (Å²) in [6.07, 6.45) is 5.85. The van der Waals surface area contributed by atoms with Crippen molar-refractivity contribution in [2.24, 2.45) is 0 Å². The van der Waals surface area contributed by atoms with Gasteiger partial charge in [0.05, 0.1) is 5.56 Å². The number of rotatable bonds is 4. The number of amides is 1. The van der Waals surface area contributed by atoms with E-state index in [1.165, 1.54) is 18.4 Å². The van der Waals surface area contributed by atoms with E-state index in [0.29, 0.717) is 12.0 Å². The van der Waals surface area contributed by atoms with Gasteiger partial charge in [0.1, 0.15) is 6.10 Å². The van der Waals surface area contributed by atoms with Gasteiger partial charge in [-0.15, -0.1) is 0 Å². The van der Waals surface area contributed by atoms with E-state index < -0.39 is 6.09 Å². The molecule has 1 aromatic rings. The van der Waals surface area contributed by atoms with Gasteiger partial charge in [0.25, 0.3) is 0 Å². The third-order valence-corrected chi connectivity index (χ3v) is 4.21. The molecule has 1 atom stereocenters. The largest absolute Gasteiger partial charge is 0.465 e.